The van der Waals surface area contributed by atoms with E-state index in [1.54, 1.807) is 11.9 Å². The van der Waals surface area contributed by atoms with Gasteiger partial charge in [0.05, 0.1) is 10.6 Å². The lowest BCUT2D eigenvalue weighted by Crippen LogP contribution is -2.23. The number of rotatable bonds is 3. The van der Waals surface area contributed by atoms with Crippen molar-refractivity contribution in [2.45, 2.75) is 26.7 Å². The van der Waals surface area contributed by atoms with Crippen LogP contribution in [0.4, 0.5) is 5.69 Å². The molecule has 3 nitrogen and oxygen atoms in total. The second-order valence-electron chi connectivity index (χ2n) is 7.54. The SMILES string of the molecule is CC1=CC=C(c2cccc(/C=C3\SC(=Nc4ccc(C)cc4)N(C)C3=O)c2)CC1. The zero-order chi connectivity index (χ0) is 20.4. The topological polar surface area (TPSA) is 32.7 Å². The van der Waals surface area contributed by atoms with E-state index in [1.165, 1.54) is 34.0 Å². The van der Waals surface area contributed by atoms with Gasteiger partial charge in [0.1, 0.15) is 0 Å². The molecular weight excluding hydrogens is 376 g/mol. The Balaban J connectivity index is 1.59. The Hall–Kier alpha value is -2.85. The first-order valence-corrected chi connectivity index (χ1v) is 10.6. The lowest BCUT2D eigenvalue weighted by atomic mass is 9.93. The molecule has 0 spiro atoms. The number of thioether (sulfide) groups is 1. The van der Waals surface area contributed by atoms with Gasteiger partial charge in [-0.1, -0.05) is 53.6 Å². The molecule has 0 radical (unpaired) electrons. The Morgan fingerprint density at radius 1 is 1.03 bits per heavy atom. The van der Waals surface area contributed by atoms with Gasteiger partial charge in [0.15, 0.2) is 5.17 Å². The number of benzene rings is 2. The minimum atomic E-state index is -0.0123. The number of hydrogen-bond acceptors (Lipinski definition) is 3. The van der Waals surface area contributed by atoms with Crippen molar-refractivity contribution in [3.63, 3.8) is 0 Å². The van der Waals surface area contributed by atoms with E-state index < -0.39 is 0 Å². The first-order chi connectivity index (χ1) is 14.0. The van der Waals surface area contributed by atoms with Gasteiger partial charge in [0.2, 0.25) is 0 Å². The van der Waals surface area contributed by atoms with Gasteiger partial charge in [-0.2, -0.15) is 0 Å². The Kier molecular flexibility index (Phi) is 5.54. The molecule has 0 atom stereocenters. The number of likely N-dealkylation sites (N-methyl/N-ethyl adjacent to an activating group) is 1. The number of amides is 1. The van der Waals surface area contributed by atoms with E-state index >= 15 is 0 Å². The van der Waals surface area contributed by atoms with Crippen LogP contribution in [0.1, 0.15) is 36.5 Å². The zero-order valence-corrected chi connectivity index (χ0v) is 17.8. The van der Waals surface area contributed by atoms with Crippen LogP contribution in [0.15, 0.2) is 76.2 Å². The summed E-state index contributed by atoms with van der Waals surface area (Å²) in [7, 11) is 1.78. The van der Waals surface area contributed by atoms with E-state index in [0.29, 0.717) is 10.1 Å². The van der Waals surface area contributed by atoms with Crippen LogP contribution in [0.2, 0.25) is 0 Å². The van der Waals surface area contributed by atoms with Crippen LogP contribution in [0.5, 0.6) is 0 Å². The monoisotopic (exact) mass is 400 g/mol. The molecule has 0 aromatic heterocycles. The molecule has 0 bridgehead atoms. The summed E-state index contributed by atoms with van der Waals surface area (Å²) in [6.45, 7) is 4.22. The molecule has 2 aliphatic rings. The Morgan fingerprint density at radius 2 is 1.83 bits per heavy atom. The lowest BCUT2D eigenvalue weighted by molar-refractivity contribution is -0.121. The molecule has 4 heteroatoms. The van der Waals surface area contributed by atoms with Gasteiger partial charge in [0, 0.05) is 7.05 Å². The van der Waals surface area contributed by atoms with E-state index in [4.69, 9.17) is 0 Å². The normalized spacial score (nSPS) is 19.7. The Morgan fingerprint density at radius 3 is 2.55 bits per heavy atom. The molecule has 29 heavy (non-hydrogen) atoms. The summed E-state index contributed by atoms with van der Waals surface area (Å²) in [5.41, 5.74) is 7.07. The van der Waals surface area contributed by atoms with E-state index in [2.05, 4.69) is 42.3 Å². The molecule has 4 rings (SSSR count). The highest BCUT2D eigenvalue weighted by Crippen LogP contribution is 2.34. The number of nitrogens with zero attached hydrogens (tertiary/aromatic N) is 2. The quantitative estimate of drug-likeness (QED) is 0.562. The smallest absolute Gasteiger partial charge is 0.266 e. The molecule has 1 fully saturated rings. The largest absolute Gasteiger partial charge is 0.290 e. The number of aliphatic imine (C=N–C) groups is 1. The third-order valence-electron chi connectivity index (χ3n) is 5.18. The van der Waals surface area contributed by atoms with Crippen LogP contribution in [-0.2, 0) is 4.79 Å². The van der Waals surface area contributed by atoms with Crippen molar-refractivity contribution < 1.29 is 4.79 Å². The average Bonchev–Trinajstić information content (AvgIpc) is 2.98. The standard InChI is InChI=1S/C25H24N2OS/c1-17-7-11-20(12-8-17)21-6-4-5-19(15-21)16-23-24(28)27(3)25(29-23)26-22-13-9-18(2)10-14-22/h4-7,9-11,13-16H,8,12H2,1-3H3/b23-16-,26-25?. The van der Waals surface area contributed by atoms with Gasteiger partial charge < -0.3 is 0 Å². The van der Waals surface area contributed by atoms with E-state index in [-0.39, 0.29) is 5.91 Å². The molecule has 0 N–H and O–H groups in total. The van der Waals surface area contributed by atoms with Crippen LogP contribution in [0.25, 0.3) is 11.6 Å². The van der Waals surface area contributed by atoms with Gasteiger partial charge >= 0.3 is 0 Å². The summed E-state index contributed by atoms with van der Waals surface area (Å²) in [5, 5.41) is 0.705. The van der Waals surface area contributed by atoms with Crippen LogP contribution >= 0.6 is 11.8 Å². The maximum atomic E-state index is 12.7. The fourth-order valence-corrected chi connectivity index (χ4v) is 4.33. The van der Waals surface area contributed by atoms with Crippen molar-refractivity contribution in [1.29, 1.82) is 0 Å². The molecule has 0 saturated carbocycles. The van der Waals surface area contributed by atoms with Crippen molar-refractivity contribution >= 4 is 40.2 Å². The number of amidine groups is 1. The Bertz CT molecular complexity index is 1070. The summed E-state index contributed by atoms with van der Waals surface area (Å²) in [5.74, 6) is -0.0123. The molecule has 1 aliphatic heterocycles. The molecule has 1 saturated heterocycles. The minimum Gasteiger partial charge on any atom is -0.290 e. The second kappa shape index (κ2) is 8.26. The number of aryl methyl sites for hydroxylation is 1. The number of allylic oxidation sites excluding steroid dienone is 4. The van der Waals surface area contributed by atoms with E-state index in [9.17, 15) is 4.79 Å². The first kappa shape index (κ1) is 19.5. The molecular formula is C25H24N2OS. The molecule has 2 aromatic rings. The van der Waals surface area contributed by atoms with Crippen LogP contribution < -0.4 is 0 Å². The van der Waals surface area contributed by atoms with Crippen LogP contribution in [0, 0.1) is 6.92 Å². The third-order valence-corrected chi connectivity index (χ3v) is 6.24. The highest BCUT2D eigenvalue weighted by atomic mass is 32.2. The summed E-state index contributed by atoms with van der Waals surface area (Å²) in [6.07, 6.45) is 8.54. The first-order valence-electron chi connectivity index (χ1n) is 9.79. The summed E-state index contributed by atoms with van der Waals surface area (Å²) in [4.78, 5) is 19.7. The average molecular weight is 401 g/mol. The van der Waals surface area contributed by atoms with Gasteiger partial charge in [0.25, 0.3) is 5.91 Å². The van der Waals surface area contributed by atoms with Crippen molar-refractivity contribution in [2.24, 2.45) is 4.99 Å². The van der Waals surface area contributed by atoms with Crippen LogP contribution in [0.3, 0.4) is 0 Å². The second-order valence-corrected chi connectivity index (χ2v) is 8.54. The number of carbonyl (C=O) groups is 1. The van der Waals surface area contributed by atoms with Gasteiger partial charge in [-0.05, 0) is 79.4 Å². The van der Waals surface area contributed by atoms with Gasteiger partial charge in [-0.25, -0.2) is 4.99 Å². The van der Waals surface area contributed by atoms with Crippen LogP contribution in [-0.4, -0.2) is 23.0 Å². The van der Waals surface area contributed by atoms with Gasteiger partial charge in [-0.15, -0.1) is 0 Å². The highest BCUT2D eigenvalue weighted by Gasteiger charge is 2.30. The molecule has 2 aromatic carbocycles. The fraction of sp³-hybridized carbons (Fsp3) is 0.200. The number of carbonyl (C=O) groups excluding carboxylic acids is 1. The van der Waals surface area contributed by atoms with E-state index in [1.807, 2.05) is 43.3 Å². The summed E-state index contributed by atoms with van der Waals surface area (Å²) >= 11 is 1.43. The zero-order valence-electron chi connectivity index (χ0n) is 17.0. The summed E-state index contributed by atoms with van der Waals surface area (Å²) in [6, 6.07) is 16.4. The van der Waals surface area contributed by atoms with Crippen molar-refractivity contribution in [1.82, 2.24) is 4.90 Å². The molecule has 146 valence electrons. The molecule has 0 unspecified atom stereocenters. The maximum absolute atomic E-state index is 12.7. The summed E-state index contributed by atoms with van der Waals surface area (Å²) < 4.78 is 0. The third kappa shape index (κ3) is 4.43. The predicted octanol–water partition coefficient (Wildman–Crippen LogP) is 6.35. The predicted molar refractivity (Wildman–Crippen MR) is 124 cm³/mol. The van der Waals surface area contributed by atoms with Gasteiger partial charge in [-0.3, -0.25) is 9.69 Å². The molecule has 1 heterocycles. The minimum absolute atomic E-state index is 0.0123. The van der Waals surface area contributed by atoms with Crippen molar-refractivity contribution in [3.05, 3.63) is 87.9 Å². The maximum Gasteiger partial charge on any atom is 0.266 e. The highest BCUT2D eigenvalue weighted by molar-refractivity contribution is 8.18. The molecule has 1 amide bonds. The molecule has 1 aliphatic carbocycles. The van der Waals surface area contributed by atoms with Crippen molar-refractivity contribution in [2.75, 3.05) is 7.05 Å². The van der Waals surface area contributed by atoms with E-state index in [0.717, 1.165) is 24.1 Å². The number of hydrogen-bond donors (Lipinski definition) is 0. The van der Waals surface area contributed by atoms with Crippen molar-refractivity contribution in [3.8, 4) is 0 Å². The Labute approximate surface area is 176 Å². The lowest BCUT2D eigenvalue weighted by Gasteiger charge is -2.12. The fourth-order valence-electron chi connectivity index (χ4n) is 3.34.